The zero-order chi connectivity index (χ0) is 27.1. The molecule has 2 aromatic rings. The van der Waals surface area contributed by atoms with E-state index in [1.54, 1.807) is 18.2 Å². The molecule has 2 fully saturated rings. The molecule has 4 rings (SSSR count). The van der Waals surface area contributed by atoms with Crippen molar-refractivity contribution in [1.82, 2.24) is 31.1 Å². The van der Waals surface area contributed by atoms with Gasteiger partial charge in [0.1, 0.15) is 5.82 Å². The first-order valence-corrected chi connectivity index (χ1v) is 14.6. The van der Waals surface area contributed by atoms with E-state index in [0.717, 1.165) is 18.8 Å². The molecule has 1 amide bonds. The number of rotatable bonds is 11. The SMILES string of the molecule is CCCN1CCC(C2NNC(CNc3cccc(C(=O)NCc4c(F)cccc4S(=O)(=O)NC)c3)N2)CC1. The molecule has 2 saturated heterocycles. The number of amides is 1. The lowest BCUT2D eigenvalue weighted by atomic mass is 9.94. The van der Waals surface area contributed by atoms with Crippen molar-refractivity contribution < 1.29 is 17.6 Å². The molecule has 2 aliphatic rings. The van der Waals surface area contributed by atoms with Gasteiger partial charge in [-0.15, -0.1) is 0 Å². The van der Waals surface area contributed by atoms with E-state index in [1.807, 2.05) is 6.07 Å². The van der Waals surface area contributed by atoms with Crippen LogP contribution in [0.15, 0.2) is 47.4 Å². The van der Waals surface area contributed by atoms with Crippen LogP contribution in [0.4, 0.5) is 10.1 Å². The van der Waals surface area contributed by atoms with Gasteiger partial charge in [0.05, 0.1) is 17.2 Å². The van der Waals surface area contributed by atoms with Crippen molar-refractivity contribution in [3.05, 3.63) is 59.4 Å². The van der Waals surface area contributed by atoms with Gasteiger partial charge < -0.3 is 15.5 Å². The first-order chi connectivity index (χ1) is 18.3. The minimum absolute atomic E-state index is 0.0276. The number of benzene rings is 2. The highest BCUT2D eigenvalue weighted by Gasteiger charge is 2.31. The molecule has 10 nitrogen and oxygen atoms in total. The van der Waals surface area contributed by atoms with Gasteiger partial charge in [-0.25, -0.2) is 28.4 Å². The molecule has 0 aliphatic carbocycles. The van der Waals surface area contributed by atoms with E-state index in [1.165, 1.54) is 51.1 Å². The summed E-state index contributed by atoms with van der Waals surface area (Å²) < 4.78 is 41.1. The number of sulfonamides is 1. The fourth-order valence-electron chi connectivity index (χ4n) is 5.01. The number of anilines is 1. The van der Waals surface area contributed by atoms with Crippen LogP contribution in [0.1, 0.15) is 42.1 Å². The maximum absolute atomic E-state index is 14.4. The van der Waals surface area contributed by atoms with Gasteiger partial charge in [0.15, 0.2) is 0 Å². The number of hydrogen-bond acceptors (Lipinski definition) is 8. The maximum Gasteiger partial charge on any atom is 0.251 e. The van der Waals surface area contributed by atoms with Gasteiger partial charge in [-0.05, 0) is 82.2 Å². The normalized spacial score (nSPS) is 20.9. The van der Waals surface area contributed by atoms with Crippen molar-refractivity contribution in [3.63, 3.8) is 0 Å². The van der Waals surface area contributed by atoms with Crippen molar-refractivity contribution in [2.75, 3.05) is 38.5 Å². The molecule has 208 valence electrons. The molecule has 6 N–H and O–H groups in total. The zero-order valence-electron chi connectivity index (χ0n) is 21.9. The number of piperidine rings is 1. The molecule has 0 spiro atoms. The first kappa shape index (κ1) is 28.4. The summed E-state index contributed by atoms with van der Waals surface area (Å²) >= 11 is 0. The van der Waals surface area contributed by atoms with E-state index in [-0.39, 0.29) is 29.3 Å². The topological polar surface area (TPSA) is 127 Å². The Morgan fingerprint density at radius 2 is 1.89 bits per heavy atom. The summed E-state index contributed by atoms with van der Waals surface area (Å²) in [6.07, 6.45) is 3.77. The van der Waals surface area contributed by atoms with Gasteiger partial charge in [-0.2, -0.15) is 0 Å². The van der Waals surface area contributed by atoms with Crippen LogP contribution in [-0.4, -0.2) is 64.8 Å². The summed E-state index contributed by atoms with van der Waals surface area (Å²) in [6, 6.07) is 10.8. The van der Waals surface area contributed by atoms with E-state index in [4.69, 9.17) is 0 Å². The van der Waals surface area contributed by atoms with Crippen LogP contribution >= 0.6 is 0 Å². The second kappa shape index (κ2) is 13.0. The summed E-state index contributed by atoms with van der Waals surface area (Å²) in [5.41, 5.74) is 7.74. The minimum atomic E-state index is -3.87. The molecule has 2 aromatic carbocycles. The van der Waals surface area contributed by atoms with E-state index in [2.05, 4.69) is 43.3 Å². The highest BCUT2D eigenvalue weighted by Crippen LogP contribution is 2.22. The number of nitrogens with zero attached hydrogens (tertiary/aromatic N) is 1. The predicted molar refractivity (Wildman–Crippen MR) is 145 cm³/mol. The third-order valence-corrected chi connectivity index (χ3v) is 8.63. The number of carbonyl (C=O) groups is 1. The molecular weight excluding hydrogens is 509 g/mol. The minimum Gasteiger partial charge on any atom is -0.382 e. The molecule has 0 saturated carbocycles. The number of carbonyl (C=O) groups excluding carboxylic acids is 1. The molecule has 2 aliphatic heterocycles. The van der Waals surface area contributed by atoms with Gasteiger partial charge in [-0.1, -0.05) is 19.1 Å². The first-order valence-electron chi connectivity index (χ1n) is 13.1. The zero-order valence-corrected chi connectivity index (χ0v) is 22.7. The van der Waals surface area contributed by atoms with Gasteiger partial charge in [-0.3, -0.25) is 10.1 Å². The fraction of sp³-hybridized carbons (Fsp3) is 0.500. The van der Waals surface area contributed by atoms with Gasteiger partial charge >= 0.3 is 0 Å². The quantitative estimate of drug-likeness (QED) is 0.250. The molecule has 12 heteroatoms. The van der Waals surface area contributed by atoms with Gasteiger partial charge in [0.2, 0.25) is 10.0 Å². The fourth-order valence-corrected chi connectivity index (χ4v) is 5.99. The number of nitrogens with one attached hydrogen (secondary N) is 6. The van der Waals surface area contributed by atoms with Gasteiger partial charge in [0, 0.05) is 29.9 Å². The van der Waals surface area contributed by atoms with E-state index in [0.29, 0.717) is 18.0 Å². The summed E-state index contributed by atoms with van der Waals surface area (Å²) in [6.45, 7) is 6.00. The number of halogens is 1. The van der Waals surface area contributed by atoms with Crippen LogP contribution in [0.3, 0.4) is 0 Å². The van der Waals surface area contributed by atoms with Crippen LogP contribution in [0.2, 0.25) is 0 Å². The van der Waals surface area contributed by atoms with Crippen molar-refractivity contribution in [3.8, 4) is 0 Å². The van der Waals surface area contributed by atoms with E-state index >= 15 is 0 Å². The molecule has 2 heterocycles. The van der Waals surface area contributed by atoms with Gasteiger partial charge in [0.25, 0.3) is 5.91 Å². The Hall–Kier alpha value is -2.61. The summed E-state index contributed by atoms with van der Waals surface area (Å²) in [4.78, 5) is 15.1. The predicted octanol–water partition coefficient (Wildman–Crippen LogP) is 1.55. The average Bonchev–Trinajstić information content (AvgIpc) is 3.41. The lowest BCUT2D eigenvalue weighted by Gasteiger charge is -2.34. The molecule has 0 aromatic heterocycles. The van der Waals surface area contributed by atoms with Crippen molar-refractivity contribution >= 4 is 21.6 Å². The van der Waals surface area contributed by atoms with Crippen LogP contribution in [0, 0.1) is 11.7 Å². The lowest BCUT2D eigenvalue weighted by Crippen LogP contribution is -2.46. The highest BCUT2D eigenvalue weighted by molar-refractivity contribution is 7.89. The highest BCUT2D eigenvalue weighted by atomic mass is 32.2. The van der Waals surface area contributed by atoms with Crippen LogP contribution in [0.5, 0.6) is 0 Å². The summed E-state index contributed by atoms with van der Waals surface area (Å²) in [5, 5.41) is 9.59. The molecule has 38 heavy (non-hydrogen) atoms. The summed E-state index contributed by atoms with van der Waals surface area (Å²) in [7, 11) is -2.62. The Labute approximate surface area is 224 Å². The number of hydrogen-bond donors (Lipinski definition) is 6. The Balaban J connectivity index is 1.28. The Bertz CT molecular complexity index is 1210. The number of likely N-dealkylation sites (tertiary alicyclic amines) is 1. The largest absolute Gasteiger partial charge is 0.382 e. The second-order valence-corrected chi connectivity index (χ2v) is 11.6. The van der Waals surface area contributed by atoms with Crippen LogP contribution in [0.25, 0.3) is 0 Å². The molecular formula is C26H38FN7O3S. The van der Waals surface area contributed by atoms with E-state index in [9.17, 15) is 17.6 Å². The van der Waals surface area contributed by atoms with Crippen LogP contribution in [-0.2, 0) is 16.6 Å². The molecule has 2 atom stereocenters. The molecule has 0 bridgehead atoms. The average molecular weight is 548 g/mol. The Morgan fingerprint density at radius 3 is 2.63 bits per heavy atom. The monoisotopic (exact) mass is 547 g/mol. The third-order valence-electron chi connectivity index (χ3n) is 7.13. The third kappa shape index (κ3) is 7.07. The van der Waals surface area contributed by atoms with Crippen molar-refractivity contribution in [1.29, 1.82) is 0 Å². The Kier molecular flexibility index (Phi) is 9.69. The van der Waals surface area contributed by atoms with Crippen molar-refractivity contribution in [2.24, 2.45) is 5.92 Å². The van der Waals surface area contributed by atoms with E-state index < -0.39 is 21.7 Å². The molecule has 2 unspecified atom stereocenters. The standard InChI is InChI=1S/C26H38FN7O3S/c1-3-12-34-13-10-18(11-14-34)25-31-24(32-33-25)17-29-20-7-4-6-19(15-20)26(35)30-16-21-22(27)8-5-9-23(21)38(36,37)28-2/h4-9,15,18,24-25,28-29,31-33H,3,10-14,16-17H2,1-2H3,(H,30,35). The smallest absolute Gasteiger partial charge is 0.251 e. The van der Waals surface area contributed by atoms with Crippen LogP contribution < -0.4 is 31.5 Å². The number of hydrazine groups is 1. The lowest BCUT2D eigenvalue weighted by molar-refractivity contribution is 0.0950. The maximum atomic E-state index is 14.4. The molecule has 0 radical (unpaired) electrons. The summed E-state index contributed by atoms with van der Waals surface area (Å²) in [5.74, 6) is -0.560. The van der Waals surface area contributed by atoms with Crippen molar-refractivity contribution in [2.45, 2.75) is 50.0 Å². The Morgan fingerprint density at radius 1 is 1.13 bits per heavy atom. The second-order valence-electron chi connectivity index (χ2n) is 9.73.